The third kappa shape index (κ3) is 8.41. The van der Waals surface area contributed by atoms with Crippen LogP contribution in [0.2, 0.25) is 18.1 Å². The molecule has 0 spiro atoms. The van der Waals surface area contributed by atoms with E-state index in [4.69, 9.17) is 13.9 Å². The summed E-state index contributed by atoms with van der Waals surface area (Å²) < 4.78 is 47.5. The third-order valence-electron chi connectivity index (χ3n) is 8.41. The van der Waals surface area contributed by atoms with Gasteiger partial charge in [0.1, 0.15) is 29.1 Å². The molecule has 0 saturated carbocycles. The van der Waals surface area contributed by atoms with E-state index in [9.17, 15) is 33.2 Å². The molecular formula is C34H42N2O10SSi. The summed E-state index contributed by atoms with van der Waals surface area (Å²) in [6.07, 6.45) is -1.41. The number of nitrogens with one attached hydrogen (secondary N) is 1. The van der Waals surface area contributed by atoms with Crippen LogP contribution in [-0.2, 0) is 24.3 Å². The number of nitro groups is 1. The smallest absolute Gasteiger partial charge is 0.318 e. The first-order chi connectivity index (χ1) is 22.1. The van der Waals surface area contributed by atoms with Crippen molar-refractivity contribution in [1.82, 2.24) is 4.72 Å². The van der Waals surface area contributed by atoms with Crippen LogP contribution in [-0.4, -0.2) is 44.3 Å². The number of nitrogens with zero attached hydrogens (tertiary/aromatic N) is 1. The molecule has 12 nitrogen and oxygen atoms in total. The maximum Gasteiger partial charge on any atom is 0.318 e. The number of hydrogen-bond acceptors (Lipinski definition) is 9. The number of non-ortho nitro benzene ring substituents is 1. The second-order valence-corrected chi connectivity index (χ2v) is 20.7. The van der Waals surface area contributed by atoms with Gasteiger partial charge in [-0.1, -0.05) is 39.0 Å². The SMILES string of the molecule is CC(C)(C)OC(=O)[C@@H]1c2cc([C@@H](CC(=O)O)NS(=O)(=O)c3ccc([N+](=O)[O-])cc3)ccc2O[C@H]1c1ccc(O[Si](C)(C)C(C)(C)C)cc1. The van der Waals surface area contributed by atoms with Gasteiger partial charge in [0.05, 0.1) is 22.3 Å². The Morgan fingerprint density at radius 3 is 2.12 bits per heavy atom. The van der Waals surface area contributed by atoms with Crippen LogP contribution in [0.5, 0.6) is 11.5 Å². The number of esters is 1. The largest absolute Gasteiger partial charge is 0.544 e. The van der Waals surface area contributed by atoms with Crippen LogP contribution in [0, 0.1) is 10.1 Å². The molecule has 48 heavy (non-hydrogen) atoms. The van der Waals surface area contributed by atoms with Crippen molar-refractivity contribution in [2.24, 2.45) is 0 Å². The Kier molecular flexibility index (Phi) is 10.1. The molecule has 1 heterocycles. The van der Waals surface area contributed by atoms with Crippen LogP contribution in [0.15, 0.2) is 71.6 Å². The van der Waals surface area contributed by atoms with Crippen molar-refractivity contribution >= 4 is 36.0 Å². The van der Waals surface area contributed by atoms with Crippen LogP contribution in [0.4, 0.5) is 5.69 Å². The zero-order valence-electron chi connectivity index (χ0n) is 28.3. The van der Waals surface area contributed by atoms with Gasteiger partial charge in [-0.25, -0.2) is 13.1 Å². The highest BCUT2D eigenvalue weighted by Crippen LogP contribution is 2.48. The van der Waals surface area contributed by atoms with Crippen LogP contribution in [0.3, 0.4) is 0 Å². The number of carboxylic acids is 1. The molecule has 2 N–H and O–H groups in total. The number of carbonyl (C=O) groups is 2. The van der Waals surface area contributed by atoms with Crippen LogP contribution >= 0.6 is 0 Å². The number of ether oxygens (including phenoxy) is 2. The Hall–Kier alpha value is -4.27. The van der Waals surface area contributed by atoms with Gasteiger partial charge in [-0.2, -0.15) is 0 Å². The Morgan fingerprint density at radius 2 is 1.60 bits per heavy atom. The summed E-state index contributed by atoms with van der Waals surface area (Å²) in [7, 11) is -6.41. The average molecular weight is 699 g/mol. The first-order valence-corrected chi connectivity index (χ1v) is 19.8. The highest BCUT2D eigenvalue weighted by Gasteiger charge is 2.44. The summed E-state index contributed by atoms with van der Waals surface area (Å²) >= 11 is 0. The molecule has 0 unspecified atom stereocenters. The van der Waals surface area contributed by atoms with E-state index in [1.165, 1.54) is 6.07 Å². The Morgan fingerprint density at radius 1 is 1.00 bits per heavy atom. The van der Waals surface area contributed by atoms with Crippen LogP contribution in [0.1, 0.15) is 82.7 Å². The summed E-state index contributed by atoms with van der Waals surface area (Å²) in [5, 5.41) is 20.7. The van der Waals surface area contributed by atoms with Crippen LogP contribution < -0.4 is 13.9 Å². The highest BCUT2D eigenvalue weighted by molar-refractivity contribution is 7.89. The summed E-state index contributed by atoms with van der Waals surface area (Å²) in [5.41, 5.74) is 0.257. The fourth-order valence-corrected chi connectivity index (χ4v) is 7.21. The molecule has 3 aromatic rings. The molecule has 0 amide bonds. The lowest BCUT2D eigenvalue weighted by Crippen LogP contribution is -2.43. The monoisotopic (exact) mass is 698 g/mol. The minimum Gasteiger partial charge on any atom is -0.544 e. The van der Waals surface area contributed by atoms with E-state index in [0.717, 1.165) is 24.3 Å². The molecule has 4 rings (SSSR count). The van der Waals surface area contributed by atoms with E-state index in [-0.39, 0.29) is 21.2 Å². The molecule has 1 aliphatic rings. The number of fused-ring (bicyclic) bond motifs is 1. The molecule has 0 aromatic heterocycles. The molecule has 3 atom stereocenters. The lowest BCUT2D eigenvalue weighted by atomic mass is 9.89. The second-order valence-electron chi connectivity index (χ2n) is 14.3. The van der Waals surface area contributed by atoms with Gasteiger partial charge in [-0.05, 0) is 86.4 Å². The van der Waals surface area contributed by atoms with E-state index in [1.807, 2.05) is 24.3 Å². The molecule has 0 radical (unpaired) electrons. The minimum absolute atomic E-state index is 0.00403. The van der Waals surface area contributed by atoms with Gasteiger partial charge in [0.25, 0.3) is 5.69 Å². The number of hydrogen-bond donors (Lipinski definition) is 2. The lowest BCUT2D eigenvalue weighted by molar-refractivity contribution is -0.384. The zero-order chi connectivity index (χ0) is 35.8. The molecule has 258 valence electrons. The van der Waals surface area contributed by atoms with E-state index in [2.05, 4.69) is 38.6 Å². The number of nitro benzene ring substituents is 1. The van der Waals surface area contributed by atoms with Gasteiger partial charge in [-0.15, -0.1) is 0 Å². The summed E-state index contributed by atoms with van der Waals surface area (Å²) in [4.78, 5) is 35.7. The third-order valence-corrected chi connectivity index (χ3v) is 14.3. The van der Waals surface area contributed by atoms with Crippen molar-refractivity contribution < 1.29 is 41.9 Å². The Balaban J connectivity index is 1.70. The molecular weight excluding hydrogens is 657 g/mol. The molecule has 0 saturated heterocycles. The standard InChI is InChI=1S/C34H42N2O10SSi/c1-33(2,3)45-32(39)30-26-19-22(27(20-29(37)38)35-47(42,43)25-16-12-23(13-17-25)36(40)41)11-18-28(26)44-31(30)21-9-14-24(15-10-21)46-48(7,8)34(4,5)6/h9-19,27,30-31,35H,20H2,1-8H3,(H,37,38)/t27-,30-,31+/m1/s1. The first-order valence-electron chi connectivity index (χ1n) is 15.4. The summed E-state index contributed by atoms with van der Waals surface area (Å²) in [6.45, 7) is 16.0. The van der Waals surface area contributed by atoms with Crippen molar-refractivity contribution in [3.8, 4) is 11.5 Å². The fourth-order valence-electron chi connectivity index (χ4n) is 4.96. The zero-order valence-corrected chi connectivity index (χ0v) is 30.1. The van der Waals surface area contributed by atoms with Gasteiger partial charge in [0.15, 0.2) is 0 Å². The predicted octanol–water partition coefficient (Wildman–Crippen LogP) is 7.03. The van der Waals surface area contributed by atoms with Crippen molar-refractivity contribution in [3.63, 3.8) is 0 Å². The lowest BCUT2D eigenvalue weighted by Gasteiger charge is -2.36. The molecule has 0 fully saturated rings. The van der Waals surface area contributed by atoms with Crippen LogP contribution in [0.25, 0.3) is 0 Å². The van der Waals surface area contributed by atoms with Crippen molar-refractivity contribution in [2.45, 2.75) is 94.7 Å². The number of aliphatic carboxylic acids is 1. The summed E-state index contributed by atoms with van der Waals surface area (Å²) in [6, 6.07) is 15.0. The van der Waals surface area contributed by atoms with Crippen molar-refractivity contribution in [1.29, 1.82) is 0 Å². The van der Waals surface area contributed by atoms with Gasteiger partial charge >= 0.3 is 11.9 Å². The quantitative estimate of drug-likeness (QED) is 0.0916. The van der Waals surface area contributed by atoms with Crippen molar-refractivity contribution in [2.75, 3.05) is 0 Å². The summed E-state index contributed by atoms with van der Waals surface area (Å²) in [5.74, 6) is -1.72. The number of carbonyl (C=O) groups excluding carboxylic acids is 1. The average Bonchev–Trinajstić information content (AvgIpc) is 3.34. The number of carboxylic acid groups (broad SMARTS) is 1. The number of sulfonamides is 1. The van der Waals surface area contributed by atoms with E-state index < -0.39 is 65.3 Å². The van der Waals surface area contributed by atoms with Gasteiger partial charge in [0.2, 0.25) is 18.3 Å². The Labute approximate surface area is 281 Å². The maximum atomic E-state index is 13.7. The van der Waals surface area contributed by atoms with Crippen molar-refractivity contribution in [3.05, 3.63) is 93.5 Å². The number of rotatable bonds is 11. The van der Waals surface area contributed by atoms with E-state index >= 15 is 0 Å². The second kappa shape index (κ2) is 13.3. The Bertz CT molecular complexity index is 1800. The molecule has 1 aliphatic heterocycles. The fraction of sp³-hybridized carbons (Fsp3) is 0.412. The molecule has 14 heteroatoms. The molecule has 0 bridgehead atoms. The minimum atomic E-state index is -4.31. The van der Waals surface area contributed by atoms with E-state index in [1.54, 1.807) is 32.9 Å². The maximum absolute atomic E-state index is 13.7. The van der Waals surface area contributed by atoms with Gasteiger partial charge < -0.3 is 19.0 Å². The predicted molar refractivity (Wildman–Crippen MR) is 181 cm³/mol. The molecule has 0 aliphatic carbocycles. The topological polar surface area (TPSA) is 171 Å². The van der Waals surface area contributed by atoms with E-state index in [0.29, 0.717) is 22.6 Å². The highest BCUT2D eigenvalue weighted by atomic mass is 32.2. The first kappa shape index (κ1) is 36.6. The normalized spacial score (nSPS) is 17.2. The van der Waals surface area contributed by atoms with Gasteiger partial charge in [-0.3, -0.25) is 19.7 Å². The molecule has 3 aromatic carbocycles. The number of benzene rings is 3. The van der Waals surface area contributed by atoms with Gasteiger partial charge in [0, 0.05) is 17.7 Å².